The highest BCUT2D eigenvalue weighted by Gasteiger charge is 2.28. The maximum Gasteiger partial charge on any atom is 0.361 e. The van der Waals surface area contributed by atoms with Crippen LogP contribution in [-0.4, -0.2) is 21.0 Å². The number of hydrogen-bond acceptors (Lipinski definition) is 4. The number of nitrogens with zero attached hydrogens (tertiary/aromatic N) is 2. The van der Waals surface area contributed by atoms with E-state index in [1.807, 2.05) is 0 Å². The molecule has 0 aromatic carbocycles. The van der Waals surface area contributed by atoms with Crippen LogP contribution in [0, 0.1) is 13.7 Å². The average molecular weight is 344 g/mol. The van der Waals surface area contributed by atoms with Gasteiger partial charge in [-0.25, -0.2) is 18.6 Å². The monoisotopic (exact) mass is 344 g/mol. The molecular weight excluding hydrogens is 341 g/mol. The van der Waals surface area contributed by atoms with Crippen LogP contribution in [0.4, 0.5) is 14.5 Å². The number of alkyl halides is 2. The van der Waals surface area contributed by atoms with E-state index in [4.69, 9.17) is 5.11 Å². The highest BCUT2D eigenvalue weighted by Crippen LogP contribution is 2.28. The molecule has 1 aromatic rings. The minimum atomic E-state index is -2.98. The number of carboxylic acids is 1. The SMILES string of the molecule is O=C(O)c1nc(C(F)F)cc(I)c1[N+](=O)[O-]. The van der Waals surface area contributed by atoms with Crippen molar-refractivity contribution in [3.63, 3.8) is 0 Å². The number of nitro groups is 1. The average Bonchev–Trinajstić information content (AvgIpc) is 2.15. The maximum absolute atomic E-state index is 12.3. The summed E-state index contributed by atoms with van der Waals surface area (Å²) in [6.07, 6.45) is -2.98. The molecular formula is C7H3F2IN2O4. The van der Waals surface area contributed by atoms with E-state index in [2.05, 4.69) is 4.98 Å². The lowest BCUT2D eigenvalue weighted by atomic mass is 10.2. The van der Waals surface area contributed by atoms with E-state index in [0.717, 1.165) is 6.07 Å². The zero-order valence-corrected chi connectivity index (χ0v) is 9.51. The quantitative estimate of drug-likeness (QED) is 0.516. The zero-order valence-electron chi connectivity index (χ0n) is 7.35. The van der Waals surface area contributed by atoms with Gasteiger partial charge in [0.15, 0.2) is 0 Å². The smallest absolute Gasteiger partial charge is 0.361 e. The molecule has 0 unspecified atom stereocenters. The van der Waals surface area contributed by atoms with E-state index < -0.39 is 34.4 Å². The largest absolute Gasteiger partial charge is 0.476 e. The number of aromatic nitrogens is 1. The van der Waals surface area contributed by atoms with Crippen LogP contribution in [0.25, 0.3) is 0 Å². The number of carbonyl (C=O) groups is 1. The van der Waals surface area contributed by atoms with Crippen LogP contribution in [0.15, 0.2) is 6.07 Å². The minimum absolute atomic E-state index is 0.190. The van der Waals surface area contributed by atoms with Crippen LogP contribution in [0.5, 0.6) is 0 Å². The summed E-state index contributed by atoms with van der Waals surface area (Å²) in [5.74, 6) is -1.72. The Labute approximate surface area is 101 Å². The molecule has 0 saturated heterocycles. The normalized spacial score (nSPS) is 10.5. The molecule has 0 aliphatic rings. The fourth-order valence-electron chi connectivity index (χ4n) is 0.960. The van der Waals surface area contributed by atoms with Crippen LogP contribution in [0.2, 0.25) is 0 Å². The molecule has 0 bridgehead atoms. The molecule has 16 heavy (non-hydrogen) atoms. The number of rotatable bonds is 3. The lowest BCUT2D eigenvalue weighted by Crippen LogP contribution is -2.09. The summed E-state index contributed by atoms with van der Waals surface area (Å²) in [4.78, 5) is 23.3. The van der Waals surface area contributed by atoms with E-state index in [9.17, 15) is 23.7 Å². The summed E-state index contributed by atoms with van der Waals surface area (Å²) in [5.41, 5.74) is -2.56. The van der Waals surface area contributed by atoms with Gasteiger partial charge in [0.25, 0.3) is 6.43 Å². The van der Waals surface area contributed by atoms with E-state index >= 15 is 0 Å². The Kier molecular flexibility index (Phi) is 3.67. The van der Waals surface area contributed by atoms with Gasteiger partial charge in [-0.15, -0.1) is 0 Å². The van der Waals surface area contributed by atoms with Crippen molar-refractivity contribution >= 4 is 34.2 Å². The third-order valence-electron chi connectivity index (χ3n) is 1.57. The van der Waals surface area contributed by atoms with Gasteiger partial charge in [0.2, 0.25) is 5.69 Å². The molecule has 1 heterocycles. The molecule has 0 atom stereocenters. The van der Waals surface area contributed by atoms with Gasteiger partial charge in [0, 0.05) is 0 Å². The Morgan fingerprint density at radius 1 is 1.62 bits per heavy atom. The molecule has 0 radical (unpaired) electrons. The summed E-state index contributed by atoms with van der Waals surface area (Å²) >= 11 is 1.42. The molecule has 0 saturated carbocycles. The molecule has 1 N–H and O–H groups in total. The van der Waals surface area contributed by atoms with Crippen molar-refractivity contribution in [2.24, 2.45) is 0 Å². The van der Waals surface area contributed by atoms with Gasteiger partial charge in [-0.05, 0) is 28.7 Å². The van der Waals surface area contributed by atoms with Crippen molar-refractivity contribution in [3.05, 3.63) is 31.1 Å². The fraction of sp³-hybridized carbons (Fsp3) is 0.143. The number of hydrogen-bond donors (Lipinski definition) is 1. The standard InChI is InChI=1S/C7H3F2IN2O4/c8-6(9)3-1-2(10)5(12(15)16)4(11-3)7(13)14/h1,6H,(H,13,14). The predicted octanol–water partition coefficient (Wildman–Crippen LogP) is 2.23. The molecule has 0 amide bonds. The Balaban J connectivity index is 3.52. The second kappa shape index (κ2) is 4.63. The van der Waals surface area contributed by atoms with Gasteiger partial charge in [-0.2, -0.15) is 0 Å². The van der Waals surface area contributed by atoms with Crippen LogP contribution in [-0.2, 0) is 0 Å². The molecule has 6 nitrogen and oxygen atoms in total. The van der Waals surface area contributed by atoms with Gasteiger partial charge in [-0.3, -0.25) is 10.1 Å². The molecule has 9 heteroatoms. The zero-order chi connectivity index (χ0) is 12.5. The lowest BCUT2D eigenvalue weighted by Gasteiger charge is -2.03. The first-order chi connectivity index (χ1) is 7.34. The number of aromatic carboxylic acids is 1. The first-order valence-corrected chi connectivity index (χ1v) is 4.78. The molecule has 1 rings (SSSR count). The van der Waals surface area contributed by atoms with Crippen molar-refractivity contribution < 1.29 is 23.6 Å². The topological polar surface area (TPSA) is 93.3 Å². The first kappa shape index (κ1) is 12.7. The van der Waals surface area contributed by atoms with Crippen LogP contribution < -0.4 is 0 Å². The Hall–Kier alpha value is -1.39. The van der Waals surface area contributed by atoms with Crippen molar-refractivity contribution in [2.45, 2.75) is 6.43 Å². The van der Waals surface area contributed by atoms with E-state index in [-0.39, 0.29) is 3.57 Å². The van der Waals surface area contributed by atoms with Gasteiger partial charge < -0.3 is 5.11 Å². The van der Waals surface area contributed by atoms with Crippen molar-refractivity contribution in [1.29, 1.82) is 0 Å². The van der Waals surface area contributed by atoms with E-state index in [1.54, 1.807) is 0 Å². The van der Waals surface area contributed by atoms with E-state index in [0.29, 0.717) is 0 Å². The number of halogens is 3. The van der Waals surface area contributed by atoms with Crippen LogP contribution >= 0.6 is 22.6 Å². The van der Waals surface area contributed by atoms with Crippen molar-refractivity contribution in [2.75, 3.05) is 0 Å². The minimum Gasteiger partial charge on any atom is -0.476 e. The highest BCUT2D eigenvalue weighted by atomic mass is 127. The molecule has 86 valence electrons. The second-order valence-electron chi connectivity index (χ2n) is 2.59. The summed E-state index contributed by atoms with van der Waals surface area (Å²) in [6, 6.07) is 0.787. The molecule has 0 fully saturated rings. The predicted molar refractivity (Wildman–Crippen MR) is 55.5 cm³/mol. The summed E-state index contributed by atoms with van der Waals surface area (Å²) in [6.45, 7) is 0. The number of carboxylic acid groups (broad SMARTS) is 1. The summed E-state index contributed by atoms with van der Waals surface area (Å²) in [5, 5.41) is 19.2. The van der Waals surface area contributed by atoms with Crippen LogP contribution in [0.3, 0.4) is 0 Å². The van der Waals surface area contributed by atoms with Crippen molar-refractivity contribution in [3.8, 4) is 0 Å². The van der Waals surface area contributed by atoms with Crippen molar-refractivity contribution in [1.82, 2.24) is 4.98 Å². The fourth-order valence-corrected chi connectivity index (χ4v) is 1.73. The third kappa shape index (κ3) is 2.40. The molecule has 0 aliphatic heterocycles. The highest BCUT2D eigenvalue weighted by molar-refractivity contribution is 14.1. The van der Waals surface area contributed by atoms with Gasteiger partial charge in [0.05, 0.1) is 8.49 Å². The lowest BCUT2D eigenvalue weighted by molar-refractivity contribution is -0.386. The Morgan fingerprint density at radius 2 is 2.19 bits per heavy atom. The van der Waals surface area contributed by atoms with Crippen LogP contribution in [0.1, 0.15) is 22.6 Å². The molecule has 0 aliphatic carbocycles. The summed E-state index contributed by atoms with van der Waals surface area (Å²) in [7, 11) is 0. The van der Waals surface area contributed by atoms with Gasteiger partial charge in [0.1, 0.15) is 5.69 Å². The number of pyridine rings is 1. The second-order valence-corrected chi connectivity index (χ2v) is 3.75. The third-order valence-corrected chi connectivity index (χ3v) is 2.40. The Morgan fingerprint density at radius 3 is 2.56 bits per heavy atom. The maximum atomic E-state index is 12.3. The molecule has 1 aromatic heterocycles. The van der Waals surface area contributed by atoms with E-state index in [1.165, 1.54) is 22.6 Å². The summed E-state index contributed by atoms with van der Waals surface area (Å²) < 4.78 is 24.4. The molecule has 0 spiro atoms. The van der Waals surface area contributed by atoms with Gasteiger partial charge in [-0.1, -0.05) is 0 Å². The van der Waals surface area contributed by atoms with Gasteiger partial charge >= 0.3 is 11.7 Å². The first-order valence-electron chi connectivity index (χ1n) is 3.71. The Bertz CT molecular complexity index is 466.